The van der Waals surface area contributed by atoms with Crippen molar-refractivity contribution in [2.75, 3.05) is 11.5 Å². The fraction of sp³-hybridized carbons (Fsp3) is 1.00. The van der Waals surface area contributed by atoms with Gasteiger partial charge in [-0.15, -0.1) is 0 Å². The van der Waals surface area contributed by atoms with Crippen molar-refractivity contribution in [3.63, 3.8) is 0 Å². The third-order valence-electron chi connectivity index (χ3n) is 3.28. The summed E-state index contributed by atoms with van der Waals surface area (Å²) >= 11 is 2.18. The van der Waals surface area contributed by atoms with Gasteiger partial charge in [0.25, 0.3) is 0 Å². The van der Waals surface area contributed by atoms with Crippen LogP contribution in [-0.4, -0.2) is 35.4 Å². The van der Waals surface area contributed by atoms with Gasteiger partial charge in [-0.3, -0.25) is 0 Å². The van der Waals surface area contributed by atoms with Crippen LogP contribution in [0.5, 0.6) is 0 Å². The van der Waals surface area contributed by atoms with Gasteiger partial charge in [0.15, 0.2) is 0 Å². The van der Waals surface area contributed by atoms with Gasteiger partial charge in [0.05, 0.1) is 0 Å². The predicted octanol–water partition coefficient (Wildman–Crippen LogP) is 5.52. The summed E-state index contributed by atoms with van der Waals surface area (Å²) in [4.78, 5) is 0. The SMILES string of the molecule is CCCCCCCCSCCCCCCCC.[SnH2]. The molecule has 0 atom stereocenters. The van der Waals surface area contributed by atoms with E-state index in [4.69, 9.17) is 0 Å². The first-order valence-electron chi connectivity index (χ1n) is 7.99. The molecule has 0 bridgehead atoms. The van der Waals surface area contributed by atoms with Crippen LogP contribution >= 0.6 is 11.8 Å². The van der Waals surface area contributed by atoms with Crippen molar-refractivity contribution in [1.29, 1.82) is 0 Å². The molecule has 0 heterocycles. The fourth-order valence-electron chi connectivity index (χ4n) is 2.07. The van der Waals surface area contributed by atoms with Crippen molar-refractivity contribution in [2.45, 2.75) is 90.9 Å². The molecule has 2 radical (unpaired) electrons. The van der Waals surface area contributed by atoms with E-state index >= 15 is 0 Å². The molecule has 18 heavy (non-hydrogen) atoms. The van der Waals surface area contributed by atoms with Crippen molar-refractivity contribution in [3.05, 3.63) is 0 Å². The summed E-state index contributed by atoms with van der Waals surface area (Å²) < 4.78 is 0. The Morgan fingerprint density at radius 3 is 1.22 bits per heavy atom. The molecule has 0 aromatic heterocycles. The van der Waals surface area contributed by atoms with Crippen LogP contribution in [0.25, 0.3) is 0 Å². The van der Waals surface area contributed by atoms with E-state index in [0.29, 0.717) is 0 Å². The van der Waals surface area contributed by atoms with Crippen LogP contribution in [0, 0.1) is 0 Å². The molecule has 0 aliphatic heterocycles. The molecule has 0 aliphatic rings. The van der Waals surface area contributed by atoms with Gasteiger partial charge in [-0.25, -0.2) is 0 Å². The van der Waals surface area contributed by atoms with Gasteiger partial charge in [-0.05, 0) is 24.3 Å². The molecule has 0 unspecified atom stereocenters. The molecule has 2 heteroatoms. The summed E-state index contributed by atoms with van der Waals surface area (Å²) in [7, 11) is 0. The molecule has 0 nitrogen and oxygen atoms in total. The van der Waals surface area contributed by atoms with Gasteiger partial charge in [0.2, 0.25) is 0 Å². The van der Waals surface area contributed by atoms with Gasteiger partial charge < -0.3 is 0 Å². The maximum atomic E-state index is 2.29. The second-order valence-electron chi connectivity index (χ2n) is 5.15. The fourth-order valence-corrected chi connectivity index (χ4v) is 3.09. The van der Waals surface area contributed by atoms with Crippen LogP contribution in [0.4, 0.5) is 0 Å². The van der Waals surface area contributed by atoms with E-state index in [0.717, 1.165) is 0 Å². The topological polar surface area (TPSA) is 0 Å². The van der Waals surface area contributed by atoms with Crippen LogP contribution in [0.3, 0.4) is 0 Å². The van der Waals surface area contributed by atoms with Crippen molar-refractivity contribution in [2.24, 2.45) is 0 Å². The minimum absolute atomic E-state index is 0. The van der Waals surface area contributed by atoms with Crippen molar-refractivity contribution in [1.82, 2.24) is 0 Å². The first-order valence-corrected chi connectivity index (χ1v) is 9.15. The van der Waals surface area contributed by atoms with E-state index in [9.17, 15) is 0 Å². The number of thioether (sulfide) groups is 1. The summed E-state index contributed by atoms with van der Waals surface area (Å²) in [5, 5.41) is 0. The van der Waals surface area contributed by atoms with Gasteiger partial charge >= 0.3 is 23.9 Å². The second-order valence-corrected chi connectivity index (χ2v) is 6.37. The number of hydrogen-bond acceptors (Lipinski definition) is 1. The Labute approximate surface area is 137 Å². The average molecular weight is 379 g/mol. The quantitative estimate of drug-likeness (QED) is 0.283. The predicted molar refractivity (Wildman–Crippen MR) is 92.6 cm³/mol. The van der Waals surface area contributed by atoms with Gasteiger partial charge in [-0.2, -0.15) is 11.8 Å². The zero-order chi connectivity index (χ0) is 12.6. The van der Waals surface area contributed by atoms with Crippen LogP contribution < -0.4 is 0 Å². The van der Waals surface area contributed by atoms with Crippen LogP contribution in [0.15, 0.2) is 0 Å². The van der Waals surface area contributed by atoms with E-state index in [-0.39, 0.29) is 23.9 Å². The standard InChI is InChI=1S/C16H34S.Sn.2H/c1-3-5-7-9-11-13-15-17-16-14-12-10-8-6-4-2;;;/h3-16H2,1-2H3;;;. The van der Waals surface area contributed by atoms with E-state index in [2.05, 4.69) is 25.6 Å². The molecule has 0 N–H and O–H groups in total. The number of hydrogen-bond donors (Lipinski definition) is 0. The molecule has 0 amide bonds. The Balaban J connectivity index is 0. The molecule has 110 valence electrons. The zero-order valence-electron chi connectivity index (χ0n) is 13.0. The Morgan fingerprint density at radius 1 is 0.500 bits per heavy atom. The minimum atomic E-state index is 0. The normalized spacial score (nSPS) is 10.3. The van der Waals surface area contributed by atoms with Crippen LogP contribution in [0.1, 0.15) is 90.9 Å². The molecule has 0 saturated carbocycles. The molecular formula is C16H36SSn. The van der Waals surface area contributed by atoms with E-state index in [1.807, 2.05) is 0 Å². The van der Waals surface area contributed by atoms with Crippen molar-refractivity contribution in [3.8, 4) is 0 Å². The van der Waals surface area contributed by atoms with Gasteiger partial charge in [0, 0.05) is 0 Å². The number of rotatable bonds is 14. The molecule has 0 aliphatic carbocycles. The van der Waals surface area contributed by atoms with Crippen molar-refractivity contribution >= 4 is 35.7 Å². The first-order chi connectivity index (χ1) is 8.41. The summed E-state index contributed by atoms with van der Waals surface area (Å²) in [6.07, 6.45) is 17.3. The molecule has 0 rings (SSSR count). The third-order valence-corrected chi connectivity index (χ3v) is 4.44. The summed E-state index contributed by atoms with van der Waals surface area (Å²) in [5.74, 6) is 2.81. The van der Waals surface area contributed by atoms with Crippen LogP contribution in [0.2, 0.25) is 0 Å². The summed E-state index contributed by atoms with van der Waals surface area (Å²) in [6, 6.07) is 0. The monoisotopic (exact) mass is 380 g/mol. The van der Waals surface area contributed by atoms with Crippen LogP contribution in [-0.2, 0) is 0 Å². The van der Waals surface area contributed by atoms with E-state index in [1.54, 1.807) is 0 Å². The van der Waals surface area contributed by atoms with E-state index < -0.39 is 0 Å². The summed E-state index contributed by atoms with van der Waals surface area (Å²) in [6.45, 7) is 4.58. The zero-order valence-corrected chi connectivity index (χ0v) is 17.9. The number of unbranched alkanes of at least 4 members (excludes halogenated alkanes) is 10. The molecule has 0 spiro atoms. The third kappa shape index (κ3) is 19.5. The van der Waals surface area contributed by atoms with Gasteiger partial charge in [-0.1, -0.05) is 78.1 Å². The Hall–Kier alpha value is 1.15. The molecule has 0 aromatic rings. The molecule has 0 aromatic carbocycles. The summed E-state index contributed by atoms with van der Waals surface area (Å²) in [5.41, 5.74) is 0. The maximum absolute atomic E-state index is 2.29. The molecular weight excluding hydrogens is 343 g/mol. The van der Waals surface area contributed by atoms with E-state index in [1.165, 1.54) is 88.6 Å². The molecule has 0 saturated heterocycles. The Morgan fingerprint density at radius 2 is 0.833 bits per heavy atom. The average Bonchev–Trinajstić information content (AvgIpc) is 2.35. The second kappa shape index (κ2) is 20.5. The Bertz CT molecular complexity index is 114. The first kappa shape index (κ1) is 21.4. The van der Waals surface area contributed by atoms with Gasteiger partial charge in [0.1, 0.15) is 0 Å². The molecule has 0 fully saturated rings. The van der Waals surface area contributed by atoms with Crippen molar-refractivity contribution < 1.29 is 0 Å². The Kier molecular flexibility index (Phi) is 24.4.